The molecule has 2 fully saturated rings. The second-order valence-electron chi connectivity index (χ2n) is 6.33. The van der Waals surface area contributed by atoms with Gasteiger partial charge < -0.3 is 14.5 Å². The molecule has 1 spiro atoms. The highest BCUT2D eigenvalue weighted by atomic mass is 16.5. The van der Waals surface area contributed by atoms with Crippen LogP contribution in [-0.2, 0) is 4.74 Å². The molecule has 20 heavy (non-hydrogen) atoms. The van der Waals surface area contributed by atoms with Gasteiger partial charge in [-0.05, 0) is 44.6 Å². The average molecular weight is 274 g/mol. The van der Waals surface area contributed by atoms with Gasteiger partial charge in [0.2, 0.25) is 0 Å². The molecule has 2 aliphatic rings. The van der Waals surface area contributed by atoms with Crippen molar-refractivity contribution in [3.8, 4) is 0 Å². The van der Waals surface area contributed by atoms with E-state index in [1.165, 1.54) is 26.6 Å². The predicted molar refractivity (Wildman–Crippen MR) is 79.3 cm³/mol. The van der Waals surface area contributed by atoms with Crippen molar-refractivity contribution in [3.05, 3.63) is 29.3 Å². The van der Waals surface area contributed by atoms with Gasteiger partial charge in [-0.1, -0.05) is 6.07 Å². The molecule has 4 heteroatoms. The topological polar surface area (TPSA) is 32.8 Å². The van der Waals surface area contributed by atoms with Gasteiger partial charge in [0, 0.05) is 30.7 Å². The van der Waals surface area contributed by atoms with Crippen LogP contribution in [0.1, 0.15) is 22.3 Å². The van der Waals surface area contributed by atoms with Crippen molar-refractivity contribution in [3.63, 3.8) is 0 Å². The molecule has 0 unspecified atom stereocenters. The summed E-state index contributed by atoms with van der Waals surface area (Å²) in [5, 5.41) is 0. The SMILES string of the molecule is COC(=O)c1cc(N2CC3(CCN(C)C3)C2)ccc1C. The maximum atomic E-state index is 11.8. The zero-order valence-electron chi connectivity index (χ0n) is 12.5. The number of hydrogen-bond acceptors (Lipinski definition) is 4. The first kappa shape index (κ1) is 13.4. The van der Waals surface area contributed by atoms with Gasteiger partial charge in [0.15, 0.2) is 0 Å². The van der Waals surface area contributed by atoms with E-state index in [9.17, 15) is 4.79 Å². The molecule has 0 amide bonds. The van der Waals surface area contributed by atoms with Gasteiger partial charge in [-0.3, -0.25) is 0 Å². The first-order valence-corrected chi connectivity index (χ1v) is 7.15. The Bertz CT molecular complexity index is 535. The summed E-state index contributed by atoms with van der Waals surface area (Å²) in [5.74, 6) is -0.250. The Labute approximate surface area is 120 Å². The van der Waals surface area contributed by atoms with Crippen LogP contribution in [0, 0.1) is 12.3 Å². The summed E-state index contributed by atoms with van der Waals surface area (Å²) in [6, 6.07) is 6.08. The van der Waals surface area contributed by atoms with E-state index in [4.69, 9.17) is 4.74 Å². The van der Waals surface area contributed by atoms with E-state index >= 15 is 0 Å². The van der Waals surface area contributed by atoms with Crippen LogP contribution in [0.3, 0.4) is 0 Å². The largest absolute Gasteiger partial charge is 0.465 e. The highest BCUT2D eigenvalue weighted by Gasteiger charge is 2.46. The summed E-state index contributed by atoms with van der Waals surface area (Å²) in [6.45, 7) is 6.54. The zero-order chi connectivity index (χ0) is 14.3. The van der Waals surface area contributed by atoms with Crippen LogP contribution in [0.25, 0.3) is 0 Å². The van der Waals surface area contributed by atoms with Crippen LogP contribution in [0.4, 0.5) is 5.69 Å². The van der Waals surface area contributed by atoms with E-state index in [0.29, 0.717) is 11.0 Å². The summed E-state index contributed by atoms with van der Waals surface area (Å²) in [5.41, 5.74) is 3.26. The summed E-state index contributed by atoms with van der Waals surface area (Å²) < 4.78 is 4.85. The number of hydrogen-bond donors (Lipinski definition) is 0. The van der Waals surface area contributed by atoms with E-state index in [2.05, 4.69) is 22.9 Å². The van der Waals surface area contributed by atoms with Crippen LogP contribution in [-0.4, -0.2) is 51.2 Å². The van der Waals surface area contributed by atoms with Crippen molar-refractivity contribution in [2.45, 2.75) is 13.3 Å². The standard InChI is InChI=1S/C16H22N2O2/c1-12-4-5-13(8-14(12)15(19)20-3)18-10-16(11-18)6-7-17(2)9-16/h4-5,8H,6-7,9-11H2,1-3H3. The molecule has 1 aromatic rings. The number of anilines is 1. The smallest absolute Gasteiger partial charge is 0.338 e. The molecule has 0 radical (unpaired) electrons. The highest BCUT2D eigenvalue weighted by Crippen LogP contribution is 2.41. The van der Waals surface area contributed by atoms with Crippen molar-refractivity contribution in [2.75, 3.05) is 45.2 Å². The number of aryl methyl sites for hydroxylation is 1. The number of benzene rings is 1. The quantitative estimate of drug-likeness (QED) is 0.771. The summed E-state index contributed by atoms with van der Waals surface area (Å²) in [6.07, 6.45) is 1.29. The zero-order valence-corrected chi connectivity index (χ0v) is 12.5. The van der Waals surface area contributed by atoms with E-state index < -0.39 is 0 Å². The Morgan fingerprint density at radius 3 is 2.65 bits per heavy atom. The minimum Gasteiger partial charge on any atom is -0.465 e. The Morgan fingerprint density at radius 2 is 2.05 bits per heavy atom. The maximum absolute atomic E-state index is 11.8. The third kappa shape index (κ3) is 2.18. The molecule has 2 aliphatic heterocycles. The molecule has 0 bridgehead atoms. The lowest BCUT2D eigenvalue weighted by Crippen LogP contribution is -2.57. The molecule has 2 saturated heterocycles. The lowest BCUT2D eigenvalue weighted by molar-refractivity contribution is 0.0600. The first-order chi connectivity index (χ1) is 9.53. The molecule has 108 valence electrons. The number of carbonyl (C=O) groups is 1. The van der Waals surface area contributed by atoms with Crippen molar-refractivity contribution >= 4 is 11.7 Å². The maximum Gasteiger partial charge on any atom is 0.338 e. The van der Waals surface area contributed by atoms with Gasteiger partial charge in [-0.2, -0.15) is 0 Å². The van der Waals surface area contributed by atoms with Crippen LogP contribution in [0.15, 0.2) is 18.2 Å². The average Bonchev–Trinajstić information content (AvgIpc) is 2.79. The van der Waals surface area contributed by atoms with Gasteiger partial charge in [-0.15, -0.1) is 0 Å². The lowest BCUT2D eigenvalue weighted by Gasteiger charge is -2.49. The summed E-state index contributed by atoms with van der Waals surface area (Å²) in [4.78, 5) is 16.5. The Hall–Kier alpha value is -1.55. The molecule has 2 heterocycles. The molecule has 4 nitrogen and oxygen atoms in total. The number of nitrogens with zero attached hydrogens (tertiary/aromatic N) is 2. The Balaban J connectivity index is 1.75. The van der Waals surface area contributed by atoms with Crippen molar-refractivity contribution in [2.24, 2.45) is 5.41 Å². The third-order valence-electron chi connectivity index (χ3n) is 4.67. The van der Waals surface area contributed by atoms with Crippen LogP contribution >= 0.6 is 0 Å². The number of esters is 1. The summed E-state index contributed by atoms with van der Waals surface area (Å²) in [7, 11) is 3.63. The summed E-state index contributed by atoms with van der Waals surface area (Å²) >= 11 is 0. The molecule has 0 atom stereocenters. The first-order valence-electron chi connectivity index (χ1n) is 7.15. The molecule has 0 aliphatic carbocycles. The molecule has 3 rings (SSSR count). The van der Waals surface area contributed by atoms with Crippen LogP contribution in [0.2, 0.25) is 0 Å². The van der Waals surface area contributed by atoms with Crippen molar-refractivity contribution in [1.82, 2.24) is 4.90 Å². The van der Waals surface area contributed by atoms with Gasteiger partial charge in [-0.25, -0.2) is 4.79 Å². The molecule has 0 saturated carbocycles. The molecule has 0 aromatic heterocycles. The number of ether oxygens (including phenoxy) is 1. The fourth-order valence-electron chi connectivity index (χ4n) is 3.50. The molecular formula is C16H22N2O2. The number of rotatable bonds is 2. The molecule has 0 N–H and O–H groups in total. The van der Waals surface area contributed by atoms with Crippen molar-refractivity contribution in [1.29, 1.82) is 0 Å². The fourth-order valence-corrected chi connectivity index (χ4v) is 3.50. The number of likely N-dealkylation sites (tertiary alicyclic amines) is 1. The minimum absolute atomic E-state index is 0.250. The third-order valence-corrected chi connectivity index (χ3v) is 4.67. The van der Waals surface area contributed by atoms with E-state index in [0.717, 1.165) is 24.3 Å². The van der Waals surface area contributed by atoms with Crippen LogP contribution in [0.5, 0.6) is 0 Å². The highest BCUT2D eigenvalue weighted by molar-refractivity contribution is 5.92. The molecule has 1 aromatic carbocycles. The predicted octanol–water partition coefficient (Wildman–Crippen LogP) is 1.92. The van der Waals surface area contributed by atoms with Gasteiger partial charge in [0.05, 0.1) is 12.7 Å². The monoisotopic (exact) mass is 274 g/mol. The van der Waals surface area contributed by atoms with Gasteiger partial charge >= 0.3 is 5.97 Å². The Morgan fingerprint density at radius 1 is 1.30 bits per heavy atom. The van der Waals surface area contributed by atoms with Gasteiger partial charge in [0.1, 0.15) is 0 Å². The van der Waals surface area contributed by atoms with Crippen molar-refractivity contribution < 1.29 is 9.53 Å². The number of carbonyl (C=O) groups excluding carboxylic acids is 1. The van der Waals surface area contributed by atoms with E-state index in [1.54, 1.807) is 0 Å². The fraction of sp³-hybridized carbons (Fsp3) is 0.562. The van der Waals surface area contributed by atoms with E-state index in [1.807, 2.05) is 19.1 Å². The number of methoxy groups -OCH3 is 1. The second kappa shape index (κ2) is 4.77. The van der Waals surface area contributed by atoms with E-state index in [-0.39, 0.29) is 5.97 Å². The van der Waals surface area contributed by atoms with Gasteiger partial charge in [0.25, 0.3) is 0 Å². The normalized spacial score (nSPS) is 21.1. The Kier molecular flexibility index (Phi) is 3.21. The lowest BCUT2D eigenvalue weighted by atomic mass is 9.78. The van der Waals surface area contributed by atoms with Crippen LogP contribution < -0.4 is 4.90 Å². The minimum atomic E-state index is -0.250. The molecular weight excluding hydrogens is 252 g/mol. The second-order valence-corrected chi connectivity index (χ2v) is 6.33.